The number of hydrogen-bond acceptors (Lipinski definition) is 7. The van der Waals surface area contributed by atoms with Gasteiger partial charge in [-0.15, -0.1) is 0 Å². The fourth-order valence-electron chi connectivity index (χ4n) is 4.60. The molecule has 0 saturated carbocycles. The van der Waals surface area contributed by atoms with Gasteiger partial charge >= 0.3 is 5.97 Å². The molecule has 3 aliphatic heterocycles. The van der Waals surface area contributed by atoms with Crippen LogP contribution in [0.15, 0.2) is 51.2 Å². The predicted molar refractivity (Wildman–Crippen MR) is 119 cm³/mol. The SMILES string of the molecule is COC(=O)C1=C(CN2CC3CC2CO3)NC(c2ncc(F)cc2F)=NC1c1ccc(F)cc1Br. The Balaban J connectivity index is 1.63. The lowest BCUT2D eigenvalue weighted by atomic mass is 9.95. The first-order valence-corrected chi connectivity index (χ1v) is 11.4. The van der Waals surface area contributed by atoms with Gasteiger partial charge in [-0.25, -0.2) is 22.9 Å². The molecule has 0 amide bonds. The minimum Gasteiger partial charge on any atom is -0.466 e. The predicted octanol–water partition coefficient (Wildman–Crippen LogP) is 3.25. The Hall–Kier alpha value is -2.76. The molecule has 2 aromatic rings. The van der Waals surface area contributed by atoms with E-state index < -0.39 is 29.5 Å². The van der Waals surface area contributed by atoms with Gasteiger partial charge in [0.05, 0.1) is 31.6 Å². The minimum atomic E-state index is -0.948. The summed E-state index contributed by atoms with van der Waals surface area (Å²) < 4.78 is 53.1. The maximum Gasteiger partial charge on any atom is 0.338 e. The Morgan fingerprint density at radius 3 is 2.76 bits per heavy atom. The van der Waals surface area contributed by atoms with Crippen LogP contribution in [-0.4, -0.2) is 60.6 Å². The van der Waals surface area contributed by atoms with Crippen LogP contribution in [0.25, 0.3) is 0 Å². The van der Waals surface area contributed by atoms with E-state index in [1.165, 1.54) is 25.3 Å². The van der Waals surface area contributed by atoms with E-state index >= 15 is 0 Å². The highest BCUT2D eigenvalue weighted by Gasteiger charge is 2.41. The second kappa shape index (κ2) is 9.12. The van der Waals surface area contributed by atoms with Crippen LogP contribution in [0, 0.1) is 17.5 Å². The number of pyridine rings is 1. The lowest BCUT2D eigenvalue weighted by molar-refractivity contribution is -0.136. The van der Waals surface area contributed by atoms with Crippen LogP contribution < -0.4 is 5.32 Å². The summed E-state index contributed by atoms with van der Waals surface area (Å²) in [6.45, 7) is 1.60. The molecule has 3 unspecified atom stereocenters. The number of fused-ring (bicyclic) bond motifs is 2. The van der Waals surface area contributed by atoms with E-state index in [0.29, 0.717) is 41.5 Å². The molecule has 178 valence electrons. The average Bonchev–Trinajstić information content (AvgIpc) is 3.41. The molecule has 1 aromatic heterocycles. The number of carbonyl (C=O) groups is 1. The van der Waals surface area contributed by atoms with Crippen LogP contribution in [0.2, 0.25) is 0 Å². The summed E-state index contributed by atoms with van der Waals surface area (Å²) in [5, 5.41) is 3.04. The Morgan fingerprint density at radius 2 is 2.12 bits per heavy atom. The summed E-state index contributed by atoms with van der Waals surface area (Å²) in [6, 6.07) is 3.96. The largest absolute Gasteiger partial charge is 0.466 e. The first-order valence-electron chi connectivity index (χ1n) is 10.6. The van der Waals surface area contributed by atoms with Gasteiger partial charge in [-0.2, -0.15) is 0 Å². The topological polar surface area (TPSA) is 76.0 Å². The lowest BCUT2D eigenvalue weighted by Gasteiger charge is -2.32. The average molecular weight is 537 g/mol. The van der Waals surface area contributed by atoms with Crippen LogP contribution in [0.5, 0.6) is 0 Å². The number of esters is 1. The molecule has 1 N–H and O–H groups in total. The van der Waals surface area contributed by atoms with Crippen molar-refractivity contribution in [3.05, 3.63) is 74.9 Å². The van der Waals surface area contributed by atoms with Crippen LogP contribution in [0.1, 0.15) is 23.7 Å². The van der Waals surface area contributed by atoms with Crippen molar-refractivity contribution in [3.63, 3.8) is 0 Å². The molecule has 0 spiro atoms. The molecule has 2 bridgehead atoms. The van der Waals surface area contributed by atoms with Crippen molar-refractivity contribution in [1.82, 2.24) is 15.2 Å². The van der Waals surface area contributed by atoms with Crippen LogP contribution in [0.4, 0.5) is 13.2 Å². The molecule has 0 aliphatic carbocycles. The molecular weight excluding hydrogens is 517 g/mol. The van der Waals surface area contributed by atoms with Crippen molar-refractivity contribution in [2.45, 2.75) is 24.6 Å². The number of likely N-dealkylation sites (tertiary alicyclic amines) is 1. The second-order valence-electron chi connectivity index (χ2n) is 8.31. The van der Waals surface area contributed by atoms with E-state index in [1.807, 2.05) is 0 Å². The number of nitrogens with zero attached hydrogens (tertiary/aromatic N) is 3. The van der Waals surface area contributed by atoms with Gasteiger partial charge in [-0.1, -0.05) is 22.0 Å². The zero-order valence-electron chi connectivity index (χ0n) is 18.0. The Labute approximate surface area is 201 Å². The van der Waals surface area contributed by atoms with Crippen molar-refractivity contribution in [2.75, 3.05) is 26.8 Å². The highest BCUT2D eigenvalue weighted by atomic mass is 79.9. The van der Waals surface area contributed by atoms with E-state index in [0.717, 1.165) is 12.6 Å². The second-order valence-corrected chi connectivity index (χ2v) is 9.17. The number of carbonyl (C=O) groups excluding carboxylic acids is 1. The van der Waals surface area contributed by atoms with Crippen LogP contribution >= 0.6 is 15.9 Å². The van der Waals surface area contributed by atoms with Gasteiger partial charge in [0.2, 0.25) is 0 Å². The molecule has 7 nitrogen and oxygen atoms in total. The standard InChI is InChI=1S/C23H20BrF3N4O3/c1-33-23(32)19-18(9-31-8-14-6-13(31)10-34-14)29-22(21-17(27)5-12(26)7-28-21)30-20(19)15-3-2-11(25)4-16(15)24/h2-5,7,13-14,20H,6,8-10H2,1H3,(H,29,30). The van der Waals surface area contributed by atoms with Gasteiger partial charge in [0.1, 0.15) is 23.4 Å². The normalized spacial score (nSPS) is 24.3. The van der Waals surface area contributed by atoms with Gasteiger partial charge in [0.25, 0.3) is 0 Å². The fraction of sp³-hybridized carbons (Fsp3) is 0.348. The first kappa shape index (κ1) is 23.0. The third kappa shape index (κ3) is 4.23. The number of benzene rings is 1. The number of rotatable bonds is 5. The third-order valence-corrected chi connectivity index (χ3v) is 6.88. The third-order valence-electron chi connectivity index (χ3n) is 6.20. The number of aliphatic imine (C=N–C) groups is 1. The minimum absolute atomic E-state index is 0.0296. The molecule has 3 atom stereocenters. The van der Waals surface area contributed by atoms with Crippen molar-refractivity contribution in [3.8, 4) is 0 Å². The zero-order valence-corrected chi connectivity index (χ0v) is 19.6. The number of methoxy groups -OCH3 is 1. The number of aromatic nitrogens is 1. The van der Waals surface area contributed by atoms with Crippen LogP contribution in [0.3, 0.4) is 0 Å². The molecule has 2 saturated heterocycles. The summed E-state index contributed by atoms with van der Waals surface area (Å²) in [6.07, 6.45) is 1.91. The number of halogens is 4. The molecule has 5 rings (SSSR count). The van der Waals surface area contributed by atoms with E-state index in [-0.39, 0.29) is 29.2 Å². The van der Waals surface area contributed by atoms with Gasteiger partial charge in [0, 0.05) is 35.4 Å². The lowest BCUT2D eigenvalue weighted by Crippen LogP contribution is -2.44. The summed E-state index contributed by atoms with van der Waals surface area (Å²) in [7, 11) is 1.26. The van der Waals surface area contributed by atoms with Crippen LogP contribution in [-0.2, 0) is 14.3 Å². The number of ether oxygens (including phenoxy) is 2. The fourth-order valence-corrected chi connectivity index (χ4v) is 5.17. The van der Waals surface area contributed by atoms with Gasteiger partial charge in [-0.3, -0.25) is 9.89 Å². The highest BCUT2D eigenvalue weighted by Crippen LogP contribution is 2.38. The number of hydrogen-bond donors (Lipinski definition) is 1. The van der Waals surface area contributed by atoms with Crippen molar-refractivity contribution >= 4 is 27.7 Å². The molecule has 4 heterocycles. The summed E-state index contributed by atoms with van der Waals surface area (Å²) in [4.78, 5) is 23.6. The monoisotopic (exact) mass is 536 g/mol. The van der Waals surface area contributed by atoms with E-state index in [4.69, 9.17) is 9.47 Å². The van der Waals surface area contributed by atoms with E-state index in [2.05, 4.69) is 36.1 Å². The highest BCUT2D eigenvalue weighted by molar-refractivity contribution is 9.10. The van der Waals surface area contributed by atoms with E-state index in [1.54, 1.807) is 0 Å². The number of morpholine rings is 1. The molecule has 1 aromatic carbocycles. The van der Waals surface area contributed by atoms with Gasteiger partial charge in [0.15, 0.2) is 11.7 Å². The molecule has 34 heavy (non-hydrogen) atoms. The quantitative estimate of drug-likeness (QED) is 0.591. The Bertz CT molecular complexity index is 1220. The zero-order chi connectivity index (χ0) is 24.0. The smallest absolute Gasteiger partial charge is 0.338 e. The summed E-state index contributed by atoms with van der Waals surface area (Å²) >= 11 is 3.35. The maximum absolute atomic E-state index is 14.7. The maximum atomic E-state index is 14.7. The molecule has 0 radical (unpaired) electrons. The molecule has 11 heteroatoms. The number of nitrogens with one attached hydrogen (secondary N) is 1. The number of amidine groups is 1. The van der Waals surface area contributed by atoms with Crippen molar-refractivity contribution in [1.29, 1.82) is 0 Å². The van der Waals surface area contributed by atoms with Crippen molar-refractivity contribution in [2.24, 2.45) is 4.99 Å². The van der Waals surface area contributed by atoms with E-state index in [9.17, 15) is 18.0 Å². The summed E-state index contributed by atoms with van der Waals surface area (Å²) in [5.41, 5.74) is 0.949. The first-order chi connectivity index (χ1) is 16.3. The molecular formula is C23H20BrF3N4O3. The Morgan fingerprint density at radius 1 is 1.29 bits per heavy atom. The molecule has 2 fully saturated rings. The summed E-state index contributed by atoms with van der Waals surface area (Å²) in [5.74, 6) is -2.80. The van der Waals surface area contributed by atoms with Crippen molar-refractivity contribution < 1.29 is 27.4 Å². The van der Waals surface area contributed by atoms with Gasteiger partial charge < -0.3 is 14.8 Å². The molecule has 3 aliphatic rings. The van der Waals surface area contributed by atoms with Gasteiger partial charge in [-0.05, 0) is 24.1 Å². The Kier molecular flexibility index (Phi) is 6.17.